The molecule has 0 saturated carbocycles. The molecular formula is C23H24N4O3. The number of rotatable bonds is 5. The maximum atomic E-state index is 12.8. The molecule has 1 aliphatic rings. The van der Waals surface area contributed by atoms with Crippen molar-refractivity contribution in [1.82, 2.24) is 10.2 Å². The van der Waals surface area contributed by atoms with E-state index in [2.05, 4.69) is 15.5 Å². The smallest absolute Gasteiger partial charge is 0.231 e. The Hall–Kier alpha value is -3.61. The van der Waals surface area contributed by atoms with Crippen LogP contribution in [0.1, 0.15) is 17.5 Å². The van der Waals surface area contributed by atoms with E-state index >= 15 is 0 Å². The van der Waals surface area contributed by atoms with Gasteiger partial charge >= 0.3 is 0 Å². The van der Waals surface area contributed by atoms with Gasteiger partial charge < -0.3 is 15.0 Å². The number of hydrogen-bond acceptors (Lipinski definition) is 4. The lowest BCUT2D eigenvalue weighted by atomic mass is 10.1. The highest BCUT2D eigenvalue weighted by molar-refractivity contribution is 6.03. The normalized spacial score (nSPS) is 16.0. The molecule has 154 valence electrons. The summed E-state index contributed by atoms with van der Waals surface area (Å²) in [5.41, 5.74) is 4.63. The first-order valence-corrected chi connectivity index (χ1v) is 9.84. The molecule has 3 aromatic rings. The van der Waals surface area contributed by atoms with Crippen molar-refractivity contribution in [3.05, 3.63) is 59.7 Å². The van der Waals surface area contributed by atoms with Crippen LogP contribution in [0.4, 0.5) is 11.5 Å². The topological polar surface area (TPSA) is 87.3 Å². The molecule has 2 aromatic carbocycles. The average molecular weight is 404 g/mol. The quantitative estimate of drug-likeness (QED) is 0.679. The van der Waals surface area contributed by atoms with Gasteiger partial charge in [0.15, 0.2) is 5.82 Å². The van der Waals surface area contributed by atoms with E-state index in [0.29, 0.717) is 18.1 Å². The van der Waals surface area contributed by atoms with Gasteiger partial charge in [-0.1, -0.05) is 24.3 Å². The van der Waals surface area contributed by atoms with Crippen LogP contribution in [0.25, 0.3) is 11.3 Å². The van der Waals surface area contributed by atoms with Crippen molar-refractivity contribution < 1.29 is 14.3 Å². The van der Waals surface area contributed by atoms with Crippen LogP contribution < -0.4 is 15.0 Å². The summed E-state index contributed by atoms with van der Waals surface area (Å²) in [7, 11) is 1.61. The number of hydrogen-bond donors (Lipinski definition) is 2. The first-order valence-electron chi connectivity index (χ1n) is 9.84. The van der Waals surface area contributed by atoms with Crippen molar-refractivity contribution in [2.75, 3.05) is 23.9 Å². The number of nitrogens with zero attached hydrogens (tertiary/aromatic N) is 2. The Bertz CT molecular complexity index is 1110. The predicted octanol–water partition coefficient (Wildman–Crippen LogP) is 3.69. The second kappa shape index (κ2) is 8.02. The lowest BCUT2D eigenvalue weighted by molar-refractivity contribution is -0.122. The summed E-state index contributed by atoms with van der Waals surface area (Å²) in [5, 5.41) is 9.95. The minimum atomic E-state index is -0.427. The number of nitrogens with one attached hydrogen (secondary N) is 2. The zero-order chi connectivity index (χ0) is 21.3. The number of amides is 2. The first-order chi connectivity index (χ1) is 14.5. The van der Waals surface area contributed by atoms with E-state index in [9.17, 15) is 9.59 Å². The van der Waals surface area contributed by atoms with E-state index in [4.69, 9.17) is 4.74 Å². The number of anilines is 2. The number of benzene rings is 2. The monoisotopic (exact) mass is 404 g/mol. The molecular weight excluding hydrogens is 380 g/mol. The van der Waals surface area contributed by atoms with Gasteiger partial charge in [-0.2, -0.15) is 5.10 Å². The fraction of sp³-hybridized carbons (Fsp3) is 0.261. The first kappa shape index (κ1) is 19.7. The highest BCUT2D eigenvalue weighted by atomic mass is 16.5. The predicted molar refractivity (Wildman–Crippen MR) is 116 cm³/mol. The molecule has 2 amide bonds. The Labute approximate surface area is 175 Å². The Morgan fingerprint density at radius 3 is 2.80 bits per heavy atom. The molecule has 2 N–H and O–H groups in total. The third-order valence-electron chi connectivity index (χ3n) is 5.59. The number of methoxy groups -OCH3 is 1. The third-order valence-corrected chi connectivity index (χ3v) is 5.59. The maximum Gasteiger partial charge on any atom is 0.231 e. The Morgan fingerprint density at radius 1 is 1.20 bits per heavy atom. The number of H-pyrrole nitrogens is 1. The van der Waals surface area contributed by atoms with Gasteiger partial charge in [0.05, 0.1) is 18.7 Å². The van der Waals surface area contributed by atoms with Gasteiger partial charge in [0.2, 0.25) is 11.8 Å². The number of carbonyl (C=O) groups excluding carboxylic acids is 2. The lowest BCUT2D eigenvalue weighted by Gasteiger charge is -2.20. The molecule has 0 spiro atoms. The van der Waals surface area contributed by atoms with Gasteiger partial charge in [0.1, 0.15) is 5.75 Å². The molecule has 2 heterocycles. The minimum Gasteiger partial charge on any atom is -0.496 e. The number of aromatic amines is 1. The van der Waals surface area contributed by atoms with Crippen LogP contribution in [0.5, 0.6) is 5.75 Å². The third kappa shape index (κ3) is 3.66. The summed E-state index contributed by atoms with van der Waals surface area (Å²) in [5.74, 6) is 0.446. The van der Waals surface area contributed by atoms with Gasteiger partial charge in [0.25, 0.3) is 0 Å². The zero-order valence-electron chi connectivity index (χ0n) is 17.2. The average Bonchev–Trinajstić information content (AvgIpc) is 3.37. The maximum absolute atomic E-state index is 12.8. The van der Waals surface area contributed by atoms with Crippen LogP contribution in [-0.4, -0.2) is 35.7 Å². The van der Waals surface area contributed by atoms with Crippen LogP contribution in [-0.2, 0) is 9.59 Å². The van der Waals surface area contributed by atoms with Crippen LogP contribution in [0, 0.1) is 19.8 Å². The number of carbonyl (C=O) groups is 2. The van der Waals surface area contributed by atoms with Crippen molar-refractivity contribution in [2.45, 2.75) is 20.3 Å². The van der Waals surface area contributed by atoms with Gasteiger partial charge in [0, 0.05) is 30.3 Å². The highest BCUT2D eigenvalue weighted by Crippen LogP contribution is 2.31. The summed E-state index contributed by atoms with van der Waals surface area (Å²) in [6, 6.07) is 15.2. The number of aryl methyl sites for hydroxylation is 1. The van der Waals surface area contributed by atoms with E-state index < -0.39 is 5.92 Å². The molecule has 7 heteroatoms. The van der Waals surface area contributed by atoms with Gasteiger partial charge in [-0.05, 0) is 43.2 Å². The lowest BCUT2D eigenvalue weighted by Crippen LogP contribution is -2.28. The van der Waals surface area contributed by atoms with E-state index in [1.54, 1.807) is 18.1 Å². The number of ether oxygens (including phenoxy) is 1. The molecule has 0 aliphatic carbocycles. The molecule has 1 fully saturated rings. The van der Waals surface area contributed by atoms with Crippen LogP contribution in [0.3, 0.4) is 0 Å². The second-order valence-corrected chi connectivity index (χ2v) is 7.48. The number of aromatic nitrogens is 2. The standard InChI is InChI=1S/C23H24N4O3/c1-14-7-6-9-19(15(14)2)27-13-16(11-22(27)28)23(29)24-21-12-18(25-26-21)17-8-4-5-10-20(17)30-3/h4-10,12,16H,11,13H2,1-3H3,(H2,24,25,26,29). The van der Waals surface area contributed by atoms with E-state index in [1.807, 2.05) is 56.3 Å². The molecule has 30 heavy (non-hydrogen) atoms. The summed E-state index contributed by atoms with van der Waals surface area (Å²) < 4.78 is 5.38. The van der Waals surface area contributed by atoms with Crippen LogP contribution in [0.2, 0.25) is 0 Å². The van der Waals surface area contributed by atoms with Crippen LogP contribution >= 0.6 is 0 Å². The summed E-state index contributed by atoms with van der Waals surface area (Å²) >= 11 is 0. The number of para-hydroxylation sites is 1. The van der Waals surface area contributed by atoms with Gasteiger partial charge in [-0.3, -0.25) is 14.7 Å². The van der Waals surface area contributed by atoms with Crippen molar-refractivity contribution in [2.24, 2.45) is 5.92 Å². The van der Waals surface area contributed by atoms with Crippen LogP contribution in [0.15, 0.2) is 48.5 Å². The van der Waals surface area contributed by atoms with Crippen molar-refractivity contribution in [1.29, 1.82) is 0 Å². The fourth-order valence-electron chi connectivity index (χ4n) is 3.76. The van der Waals surface area contributed by atoms with E-state index in [-0.39, 0.29) is 18.2 Å². The molecule has 4 rings (SSSR count). The van der Waals surface area contributed by atoms with Gasteiger partial charge in [-0.25, -0.2) is 0 Å². The van der Waals surface area contributed by atoms with Crippen molar-refractivity contribution in [3.63, 3.8) is 0 Å². The van der Waals surface area contributed by atoms with E-state index in [0.717, 1.165) is 28.1 Å². The van der Waals surface area contributed by atoms with Gasteiger partial charge in [-0.15, -0.1) is 0 Å². The molecule has 0 bridgehead atoms. The largest absolute Gasteiger partial charge is 0.496 e. The fourth-order valence-corrected chi connectivity index (χ4v) is 3.76. The Morgan fingerprint density at radius 2 is 2.00 bits per heavy atom. The highest BCUT2D eigenvalue weighted by Gasteiger charge is 2.36. The molecule has 7 nitrogen and oxygen atoms in total. The molecule has 1 atom stereocenters. The summed E-state index contributed by atoms with van der Waals surface area (Å²) in [6.45, 7) is 4.37. The second-order valence-electron chi connectivity index (χ2n) is 7.48. The molecule has 0 radical (unpaired) electrons. The summed E-state index contributed by atoms with van der Waals surface area (Å²) in [6.07, 6.45) is 0.184. The molecule has 1 saturated heterocycles. The Balaban J connectivity index is 1.47. The molecule has 1 aromatic heterocycles. The zero-order valence-corrected chi connectivity index (χ0v) is 17.2. The summed E-state index contributed by atoms with van der Waals surface area (Å²) in [4.78, 5) is 27.1. The van der Waals surface area contributed by atoms with E-state index in [1.165, 1.54) is 0 Å². The Kier molecular flexibility index (Phi) is 5.27. The van der Waals surface area contributed by atoms with Crippen molar-refractivity contribution >= 4 is 23.3 Å². The molecule has 1 unspecified atom stereocenters. The minimum absolute atomic E-state index is 0.0411. The van der Waals surface area contributed by atoms with Crippen molar-refractivity contribution in [3.8, 4) is 17.0 Å². The SMILES string of the molecule is COc1ccccc1-c1cc(NC(=O)C2CC(=O)N(c3cccc(C)c3C)C2)n[nH]1. The molecule has 1 aliphatic heterocycles.